The molecule has 0 bridgehead atoms. The Kier molecular flexibility index (Phi) is 13.8. The molecule has 0 aliphatic rings. The number of carbonyl (C=O) groups is 2. The van der Waals surface area contributed by atoms with Crippen molar-refractivity contribution in [2.75, 3.05) is 19.0 Å². The summed E-state index contributed by atoms with van der Waals surface area (Å²) in [4.78, 5) is 21.1. The van der Waals surface area contributed by atoms with Crippen molar-refractivity contribution in [2.45, 2.75) is 20.0 Å². The molecule has 0 fully saturated rings. The fraction of sp³-hybridized carbons (Fsp3) is 0.263. The zero-order chi connectivity index (χ0) is 24.7. The SMILES string of the molecule is CC(=O)Nc1c(O)cccc1[As](=O)(O)O.CNC(=O)CCOC(F)F.Fc1ccccc1. The van der Waals surface area contributed by atoms with Crippen LogP contribution in [0.25, 0.3) is 0 Å². The molecular formula is C19H24AsF3N2O7. The van der Waals surface area contributed by atoms with Crippen LogP contribution in [0.15, 0.2) is 48.5 Å². The molecular weight excluding hydrogens is 500 g/mol. The fourth-order valence-corrected chi connectivity index (χ4v) is 3.41. The molecule has 2 amide bonds. The van der Waals surface area contributed by atoms with Crippen molar-refractivity contribution < 1.29 is 44.5 Å². The molecule has 0 atom stereocenters. The third-order valence-electron chi connectivity index (χ3n) is 3.22. The maximum Gasteiger partial charge on any atom is 0.345 e. The number of phenolic OH excluding ortho intramolecular Hbond substituents is 1. The van der Waals surface area contributed by atoms with Crippen LogP contribution in [-0.4, -0.2) is 59.6 Å². The van der Waals surface area contributed by atoms with Gasteiger partial charge in [0.15, 0.2) is 0 Å². The number of carbonyl (C=O) groups excluding carboxylic acids is 2. The van der Waals surface area contributed by atoms with E-state index in [-0.39, 0.29) is 40.5 Å². The number of benzene rings is 2. The number of phenols is 1. The Labute approximate surface area is 185 Å². The van der Waals surface area contributed by atoms with Crippen molar-refractivity contribution in [1.29, 1.82) is 0 Å². The van der Waals surface area contributed by atoms with Crippen molar-refractivity contribution in [3.63, 3.8) is 0 Å². The molecule has 32 heavy (non-hydrogen) atoms. The topological polar surface area (TPSA) is 145 Å². The van der Waals surface area contributed by atoms with Gasteiger partial charge in [-0.1, -0.05) is 18.2 Å². The first-order chi connectivity index (χ1) is 14.9. The van der Waals surface area contributed by atoms with E-state index in [1.807, 2.05) is 0 Å². The zero-order valence-corrected chi connectivity index (χ0v) is 19.0. The maximum absolute atomic E-state index is 11.9. The van der Waals surface area contributed by atoms with Crippen LogP contribution < -0.4 is 15.0 Å². The molecule has 0 heterocycles. The van der Waals surface area contributed by atoms with Crippen LogP contribution in [0.2, 0.25) is 0 Å². The number of anilines is 1. The quantitative estimate of drug-likeness (QED) is 0.281. The molecule has 0 aliphatic heterocycles. The van der Waals surface area contributed by atoms with E-state index in [0.717, 1.165) is 0 Å². The molecule has 0 spiro atoms. The molecule has 2 aromatic carbocycles. The van der Waals surface area contributed by atoms with Crippen molar-refractivity contribution in [3.8, 4) is 5.75 Å². The summed E-state index contributed by atoms with van der Waals surface area (Å²) in [5.41, 5.74) is -0.225. The molecule has 0 saturated carbocycles. The normalized spacial score (nSPS) is 10.2. The molecule has 0 aliphatic carbocycles. The number of hydrogen-bond acceptors (Lipinski definition) is 5. The van der Waals surface area contributed by atoms with Crippen molar-refractivity contribution in [1.82, 2.24) is 5.32 Å². The fourth-order valence-electron chi connectivity index (χ4n) is 1.86. The van der Waals surface area contributed by atoms with Gasteiger partial charge in [-0.05, 0) is 12.1 Å². The zero-order valence-electron chi connectivity index (χ0n) is 17.2. The van der Waals surface area contributed by atoms with Crippen molar-refractivity contribution in [3.05, 3.63) is 54.3 Å². The summed E-state index contributed by atoms with van der Waals surface area (Å²) in [6.07, 6.45) is -0.0269. The van der Waals surface area contributed by atoms with E-state index in [0.29, 0.717) is 0 Å². The van der Waals surface area contributed by atoms with Gasteiger partial charge in [0.2, 0.25) is 5.91 Å². The largest absolute Gasteiger partial charge is 0.359 e. The Morgan fingerprint density at radius 3 is 2.09 bits per heavy atom. The van der Waals surface area contributed by atoms with Gasteiger partial charge in [-0.2, -0.15) is 8.78 Å². The van der Waals surface area contributed by atoms with Crippen LogP contribution in [-0.2, 0) is 18.1 Å². The van der Waals surface area contributed by atoms with Gasteiger partial charge in [-0.15, -0.1) is 0 Å². The Morgan fingerprint density at radius 2 is 1.69 bits per heavy atom. The molecule has 2 aromatic rings. The van der Waals surface area contributed by atoms with Gasteiger partial charge < -0.3 is 10.1 Å². The molecule has 0 saturated heterocycles. The van der Waals surface area contributed by atoms with Crippen LogP contribution in [0.5, 0.6) is 5.75 Å². The van der Waals surface area contributed by atoms with Crippen LogP contribution >= 0.6 is 0 Å². The maximum atomic E-state index is 11.9. The average Bonchev–Trinajstić information content (AvgIpc) is 2.69. The van der Waals surface area contributed by atoms with Gasteiger partial charge in [0.1, 0.15) is 5.82 Å². The molecule has 13 heteroatoms. The van der Waals surface area contributed by atoms with E-state index in [4.69, 9.17) is 8.19 Å². The van der Waals surface area contributed by atoms with Crippen LogP contribution in [0.1, 0.15) is 13.3 Å². The molecule has 0 radical (unpaired) electrons. The predicted octanol–water partition coefficient (Wildman–Crippen LogP) is 1.10. The standard InChI is InChI=1S/C8H10AsNO5.C6H5F.C5H9F2NO2/c1-5(11)10-8-6(9(13,14)15)3-2-4-7(8)12;7-6-4-2-1-3-5-6;1-8-4(9)2-3-10-5(6)7/h2-4,12H,1H3,(H,10,11)(H2,13,14,15);1-5H;5H,2-3H2,1H3,(H,8,9). The first kappa shape index (κ1) is 29.2. The molecule has 5 N–H and O–H groups in total. The number of alkyl halides is 2. The van der Waals surface area contributed by atoms with Gasteiger partial charge >= 0.3 is 94.8 Å². The summed E-state index contributed by atoms with van der Waals surface area (Å²) >= 11 is -5.14. The van der Waals surface area contributed by atoms with E-state index in [1.165, 1.54) is 44.3 Å². The number of ether oxygens (including phenoxy) is 1. The smallest absolute Gasteiger partial charge is 0.345 e. The van der Waals surface area contributed by atoms with Crippen LogP contribution in [0.3, 0.4) is 0 Å². The first-order valence-corrected chi connectivity index (χ1v) is 12.2. The minimum Gasteiger partial charge on any atom is -0.359 e. The Balaban J connectivity index is 0.000000487. The predicted molar refractivity (Wildman–Crippen MR) is 110 cm³/mol. The van der Waals surface area contributed by atoms with E-state index >= 15 is 0 Å². The summed E-state index contributed by atoms with van der Waals surface area (Å²) in [6.45, 7) is -1.84. The molecule has 0 aromatic heterocycles. The summed E-state index contributed by atoms with van der Waals surface area (Å²) in [5.74, 6) is -1.36. The second kappa shape index (κ2) is 15.1. The number of halogens is 3. The summed E-state index contributed by atoms with van der Waals surface area (Å²) in [7, 11) is 1.44. The van der Waals surface area contributed by atoms with E-state index in [9.17, 15) is 31.6 Å². The Morgan fingerprint density at radius 1 is 1.09 bits per heavy atom. The summed E-state index contributed by atoms with van der Waals surface area (Å²) < 4.78 is 67.0. The van der Waals surface area contributed by atoms with E-state index in [2.05, 4.69) is 15.4 Å². The summed E-state index contributed by atoms with van der Waals surface area (Å²) in [6, 6.07) is 11.6. The molecule has 2 rings (SSSR count). The van der Waals surface area contributed by atoms with Crippen molar-refractivity contribution >= 4 is 36.0 Å². The second-order valence-corrected chi connectivity index (χ2v) is 9.04. The first-order valence-electron chi connectivity index (χ1n) is 8.85. The average molecular weight is 524 g/mol. The minimum atomic E-state index is -5.14. The van der Waals surface area contributed by atoms with Crippen molar-refractivity contribution in [2.24, 2.45) is 0 Å². The number of rotatable bonds is 6. The number of hydrogen-bond donors (Lipinski definition) is 5. The molecule has 9 nitrogen and oxygen atoms in total. The van der Waals surface area contributed by atoms with Gasteiger partial charge in [-0.3, -0.25) is 4.79 Å². The van der Waals surface area contributed by atoms with Gasteiger partial charge in [0.05, 0.1) is 13.0 Å². The number of para-hydroxylation sites is 1. The van der Waals surface area contributed by atoms with Crippen LogP contribution in [0, 0.1) is 5.82 Å². The van der Waals surface area contributed by atoms with E-state index < -0.39 is 26.7 Å². The third kappa shape index (κ3) is 13.5. The number of amides is 2. The minimum absolute atomic E-state index is 0.0269. The molecule has 178 valence electrons. The van der Waals surface area contributed by atoms with Gasteiger partial charge in [-0.25, -0.2) is 4.39 Å². The van der Waals surface area contributed by atoms with Gasteiger partial charge in [0.25, 0.3) is 0 Å². The summed E-state index contributed by atoms with van der Waals surface area (Å²) in [5, 5.41) is 13.8. The van der Waals surface area contributed by atoms with Gasteiger partial charge in [0, 0.05) is 7.05 Å². The number of nitrogens with one attached hydrogen (secondary N) is 2. The second-order valence-electron chi connectivity index (χ2n) is 5.75. The van der Waals surface area contributed by atoms with E-state index in [1.54, 1.807) is 18.2 Å². The van der Waals surface area contributed by atoms with Crippen LogP contribution in [0.4, 0.5) is 18.9 Å². The number of aromatic hydroxyl groups is 1. The monoisotopic (exact) mass is 524 g/mol. The Hall–Kier alpha value is -2.79. The molecule has 0 unspecified atom stereocenters. The Bertz CT molecular complexity index is 896. The third-order valence-corrected chi connectivity index (χ3v) is 5.32.